The molecule has 0 unspecified atom stereocenters. The molecule has 3 nitrogen and oxygen atoms in total. The van der Waals surface area contributed by atoms with E-state index in [0.29, 0.717) is 12.1 Å². The molecule has 1 aliphatic rings. The van der Waals surface area contributed by atoms with Crippen LogP contribution >= 0.6 is 11.6 Å². The van der Waals surface area contributed by atoms with Crippen molar-refractivity contribution in [1.29, 1.82) is 0 Å². The van der Waals surface area contributed by atoms with Gasteiger partial charge in [0.2, 0.25) is 0 Å². The first-order chi connectivity index (χ1) is 10.5. The monoisotopic (exact) mass is 317 g/mol. The molecule has 0 amide bonds. The van der Waals surface area contributed by atoms with Crippen LogP contribution in [-0.2, 0) is 6.42 Å². The Morgan fingerprint density at radius 1 is 1.14 bits per heavy atom. The number of rotatable bonds is 3. The molecule has 2 heterocycles. The van der Waals surface area contributed by atoms with Crippen LogP contribution in [0.3, 0.4) is 0 Å². The van der Waals surface area contributed by atoms with Crippen LogP contribution in [0.25, 0.3) is 11.1 Å². The normalized spacial score (nSPS) is 14.8. The Labute approximate surface area is 137 Å². The highest BCUT2D eigenvalue weighted by molar-refractivity contribution is 6.33. The van der Waals surface area contributed by atoms with E-state index in [0.717, 1.165) is 29.1 Å². The van der Waals surface area contributed by atoms with Crippen molar-refractivity contribution in [1.82, 2.24) is 9.78 Å². The number of fused-ring (bicyclic) bond motifs is 1. The van der Waals surface area contributed by atoms with Crippen LogP contribution < -0.4 is 4.90 Å². The van der Waals surface area contributed by atoms with Gasteiger partial charge in [-0.25, -0.2) is 0 Å². The van der Waals surface area contributed by atoms with Crippen molar-refractivity contribution in [3.05, 3.63) is 35.1 Å². The fourth-order valence-electron chi connectivity index (χ4n) is 3.15. The van der Waals surface area contributed by atoms with E-state index in [2.05, 4.69) is 56.0 Å². The zero-order valence-electron chi connectivity index (χ0n) is 13.8. The first-order valence-corrected chi connectivity index (χ1v) is 8.48. The van der Waals surface area contributed by atoms with E-state index >= 15 is 0 Å². The number of aromatic nitrogens is 2. The van der Waals surface area contributed by atoms with E-state index < -0.39 is 0 Å². The highest BCUT2D eigenvalue weighted by Crippen LogP contribution is 2.38. The van der Waals surface area contributed by atoms with E-state index in [9.17, 15) is 0 Å². The molecule has 0 saturated heterocycles. The molecule has 0 bridgehead atoms. The van der Waals surface area contributed by atoms with Gasteiger partial charge in [-0.1, -0.05) is 11.6 Å². The highest BCUT2D eigenvalue weighted by atomic mass is 35.5. The number of nitrogens with zero attached hydrogens (tertiary/aromatic N) is 3. The molecule has 22 heavy (non-hydrogen) atoms. The van der Waals surface area contributed by atoms with E-state index in [1.54, 1.807) is 0 Å². The molecule has 1 aliphatic heterocycles. The van der Waals surface area contributed by atoms with Crippen molar-refractivity contribution in [2.24, 2.45) is 0 Å². The van der Waals surface area contributed by atoms with Crippen molar-refractivity contribution in [2.75, 3.05) is 11.4 Å². The molecule has 118 valence electrons. The molecule has 1 aromatic heterocycles. The maximum absolute atomic E-state index is 6.59. The average molecular weight is 318 g/mol. The summed E-state index contributed by atoms with van der Waals surface area (Å²) in [4.78, 5) is 2.45. The lowest BCUT2D eigenvalue weighted by Gasteiger charge is -2.35. The van der Waals surface area contributed by atoms with Crippen molar-refractivity contribution in [3.63, 3.8) is 0 Å². The minimum atomic E-state index is 0.363. The standard InChI is InChI=1S/C18H24ClN3/c1-12(2)21-7-5-6-14-8-16(17(19)9-18(14)21)15-10-20-22(11-15)13(3)4/h8-13H,5-7H2,1-4H3. The fraction of sp³-hybridized carbons (Fsp3) is 0.500. The van der Waals surface area contributed by atoms with Gasteiger partial charge in [-0.3, -0.25) is 4.68 Å². The van der Waals surface area contributed by atoms with Gasteiger partial charge in [0.25, 0.3) is 0 Å². The number of halogens is 1. The molecule has 0 aliphatic carbocycles. The summed E-state index contributed by atoms with van der Waals surface area (Å²) in [7, 11) is 0. The number of hydrogen-bond donors (Lipinski definition) is 0. The van der Waals surface area contributed by atoms with Crippen LogP contribution in [0.4, 0.5) is 5.69 Å². The Balaban J connectivity index is 2.03. The van der Waals surface area contributed by atoms with Crippen LogP contribution in [0.5, 0.6) is 0 Å². The van der Waals surface area contributed by atoms with Crippen molar-refractivity contribution in [3.8, 4) is 11.1 Å². The third kappa shape index (κ3) is 2.74. The largest absolute Gasteiger partial charge is 0.369 e. The molecule has 1 aromatic carbocycles. The summed E-state index contributed by atoms with van der Waals surface area (Å²) < 4.78 is 1.98. The Morgan fingerprint density at radius 2 is 1.91 bits per heavy atom. The number of anilines is 1. The van der Waals surface area contributed by atoms with Crippen LogP contribution in [0.15, 0.2) is 24.5 Å². The zero-order valence-corrected chi connectivity index (χ0v) is 14.6. The van der Waals surface area contributed by atoms with E-state index in [1.165, 1.54) is 17.7 Å². The number of aryl methyl sites for hydroxylation is 1. The summed E-state index contributed by atoms with van der Waals surface area (Å²) in [6.45, 7) is 9.86. The van der Waals surface area contributed by atoms with Gasteiger partial charge in [-0.15, -0.1) is 0 Å². The van der Waals surface area contributed by atoms with Gasteiger partial charge in [0, 0.05) is 41.6 Å². The van der Waals surface area contributed by atoms with Crippen molar-refractivity contribution >= 4 is 17.3 Å². The number of hydrogen-bond acceptors (Lipinski definition) is 2. The van der Waals surface area contributed by atoms with E-state index in [1.807, 2.05) is 10.9 Å². The van der Waals surface area contributed by atoms with Gasteiger partial charge in [-0.05, 0) is 58.2 Å². The van der Waals surface area contributed by atoms with Crippen LogP contribution in [0.2, 0.25) is 5.02 Å². The molecule has 0 N–H and O–H groups in total. The Morgan fingerprint density at radius 3 is 2.55 bits per heavy atom. The first kappa shape index (κ1) is 15.4. The summed E-state index contributed by atoms with van der Waals surface area (Å²) in [5.74, 6) is 0. The second-order valence-corrected chi connectivity index (χ2v) is 7.06. The second-order valence-electron chi connectivity index (χ2n) is 6.65. The predicted molar refractivity (Wildman–Crippen MR) is 93.9 cm³/mol. The SMILES string of the molecule is CC(C)N1CCCc2cc(-c3cnn(C(C)C)c3)c(Cl)cc21. The molecular weight excluding hydrogens is 294 g/mol. The summed E-state index contributed by atoms with van der Waals surface area (Å²) in [5.41, 5.74) is 4.89. The van der Waals surface area contributed by atoms with Gasteiger partial charge < -0.3 is 4.90 Å². The van der Waals surface area contributed by atoms with Gasteiger partial charge in [0.1, 0.15) is 0 Å². The van der Waals surface area contributed by atoms with E-state index in [4.69, 9.17) is 11.6 Å². The Bertz CT molecular complexity index is 673. The lowest BCUT2D eigenvalue weighted by atomic mass is 9.96. The Kier molecular flexibility index (Phi) is 4.18. The lowest BCUT2D eigenvalue weighted by Crippen LogP contribution is -2.35. The zero-order chi connectivity index (χ0) is 15.9. The average Bonchev–Trinajstić information content (AvgIpc) is 2.95. The maximum atomic E-state index is 6.59. The van der Waals surface area contributed by atoms with Crippen molar-refractivity contribution in [2.45, 2.75) is 52.6 Å². The highest BCUT2D eigenvalue weighted by Gasteiger charge is 2.21. The van der Waals surface area contributed by atoms with Gasteiger partial charge in [0.15, 0.2) is 0 Å². The molecule has 0 atom stereocenters. The van der Waals surface area contributed by atoms with Crippen LogP contribution in [0.1, 0.15) is 45.7 Å². The first-order valence-electron chi connectivity index (χ1n) is 8.11. The molecule has 0 radical (unpaired) electrons. The molecular formula is C18H24ClN3. The minimum Gasteiger partial charge on any atom is -0.369 e. The summed E-state index contributed by atoms with van der Waals surface area (Å²) in [6, 6.07) is 5.26. The number of benzene rings is 1. The van der Waals surface area contributed by atoms with Crippen molar-refractivity contribution < 1.29 is 0 Å². The molecule has 0 spiro atoms. The lowest BCUT2D eigenvalue weighted by molar-refractivity contribution is 0.532. The molecule has 4 heteroatoms. The molecule has 0 saturated carbocycles. The van der Waals surface area contributed by atoms with Gasteiger partial charge in [-0.2, -0.15) is 5.10 Å². The summed E-state index contributed by atoms with van der Waals surface area (Å²) in [5, 5.41) is 5.25. The smallest absolute Gasteiger partial charge is 0.0568 e. The maximum Gasteiger partial charge on any atom is 0.0568 e. The Hall–Kier alpha value is -1.48. The van der Waals surface area contributed by atoms with Gasteiger partial charge >= 0.3 is 0 Å². The predicted octanol–water partition coefficient (Wildman–Crippen LogP) is 4.95. The minimum absolute atomic E-state index is 0.363. The fourth-order valence-corrected chi connectivity index (χ4v) is 3.42. The second kappa shape index (κ2) is 5.96. The topological polar surface area (TPSA) is 21.1 Å². The third-order valence-electron chi connectivity index (χ3n) is 4.39. The summed E-state index contributed by atoms with van der Waals surface area (Å²) in [6.07, 6.45) is 6.33. The van der Waals surface area contributed by atoms with Crippen LogP contribution in [-0.4, -0.2) is 22.4 Å². The van der Waals surface area contributed by atoms with Gasteiger partial charge in [0.05, 0.1) is 11.2 Å². The molecule has 2 aromatic rings. The molecule has 3 rings (SSSR count). The summed E-state index contributed by atoms with van der Waals surface area (Å²) >= 11 is 6.59. The third-order valence-corrected chi connectivity index (χ3v) is 4.70. The quantitative estimate of drug-likeness (QED) is 0.799. The molecule has 0 fully saturated rings. The van der Waals surface area contributed by atoms with E-state index in [-0.39, 0.29) is 0 Å². The van der Waals surface area contributed by atoms with Crippen LogP contribution in [0, 0.1) is 0 Å².